The summed E-state index contributed by atoms with van der Waals surface area (Å²) in [5.74, 6) is -1.54. The molecule has 0 saturated carbocycles. The summed E-state index contributed by atoms with van der Waals surface area (Å²) in [7, 11) is 0. The third kappa shape index (κ3) is 6.74. The minimum absolute atomic E-state index is 0.143. The molecule has 174 valence electrons. The molecule has 0 aromatic heterocycles. The normalized spacial score (nSPS) is 11.6. The summed E-state index contributed by atoms with van der Waals surface area (Å²) < 4.78 is 5.13. The molecule has 3 N–H and O–H groups in total. The monoisotopic (exact) mass is 451 g/mol. The second kappa shape index (κ2) is 10.6. The van der Waals surface area contributed by atoms with Crippen molar-refractivity contribution < 1.29 is 24.2 Å². The maximum atomic E-state index is 13.4. The topological polar surface area (TPSA) is 108 Å². The van der Waals surface area contributed by atoms with Gasteiger partial charge in [0.15, 0.2) is 6.04 Å². The van der Waals surface area contributed by atoms with Crippen LogP contribution in [0.4, 0.5) is 10.5 Å². The van der Waals surface area contributed by atoms with Crippen LogP contribution in [0.2, 0.25) is 0 Å². The molecule has 0 heterocycles. The number of alkyl carbamates (subject to hydrolysis) is 1. The van der Waals surface area contributed by atoms with Crippen molar-refractivity contribution in [2.75, 3.05) is 11.9 Å². The van der Waals surface area contributed by atoms with Gasteiger partial charge in [-0.3, -0.25) is 14.5 Å². The van der Waals surface area contributed by atoms with Crippen LogP contribution in [-0.4, -0.2) is 40.1 Å². The number of aromatic hydroxyl groups is 1. The number of carbonyl (C=O) groups excluding carboxylic acids is 3. The van der Waals surface area contributed by atoms with Gasteiger partial charge >= 0.3 is 6.09 Å². The molecule has 0 spiro atoms. The van der Waals surface area contributed by atoms with Crippen LogP contribution in [0.15, 0.2) is 42.5 Å². The zero-order valence-electron chi connectivity index (χ0n) is 19.4. The largest absolute Gasteiger partial charge is 0.508 e. The SMILES string of the molecule is C#CN(C(=O)CNC(=O)OC(C)(C)C)C(C(=O)Nc1c(C)cccc1C)c1ccccc1O. The summed E-state index contributed by atoms with van der Waals surface area (Å²) >= 11 is 0. The van der Waals surface area contributed by atoms with Gasteiger partial charge < -0.3 is 20.5 Å². The lowest BCUT2D eigenvalue weighted by atomic mass is 10.0. The second-order valence-electron chi connectivity index (χ2n) is 8.47. The lowest BCUT2D eigenvalue weighted by molar-refractivity contribution is -0.134. The van der Waals surface area contributed by atoms with Gasteiger partial charge in [-0.15, -0.1) is 0 Å². The number of amides is 3. The fraction of sp³-hybridized carbons (Fsp3) is 0.320. The van der Waals surface area contributed by atoms with E-state index in [2.05, 4.69) is 16.7 Å². The van der Waals surface area contributed by atoms with Crippen molar-refractivity contribution in [3.63, 3.8) is 0 Å². The summed E-state index contributed by atoms with van der Waals surface area (Å²) in [6, 6.07) is 12.5. The van der Waals surface area contributed by atoms with Gasteiger partial charge in [-0.25, -0.2) is 4.79 Å². The quantitative estimate of drug-likeness (QED) is 0.459. The first-order valence-electron chi connectivity index (χ1n) is 10.3. The van der Waals surface area contributed by atoms with Gasteiger partial charge in [0.05, 0.1) is 0 Å². The molecule has 0 aliphatic carbocycles. The van der Waals surface area contributed by atoms with E-state index in [4.69, 9.17) is 11.2 Å². The molecule has 8 heteroatoms. The van der Waals surface area contributed by atoms with Crippen LogP contribution >= 0.6 is 0 Å². The van der Waals surface area contributed by atoms with Crippen LogP contribution in [0.3, 0.4) is 0 Å². The van der Waals surface area contributed by atoms with Crippen molar-refractivity contribution >= 4 is 23.6 Å². The summed E-state index contributed by atoms with van der Waals surface area (Å²) in [5.41, 5.74) is 1.63. The summed E-state index contributed by atoms with van der Waals surface area (Å²) in [6.45, 7) is 8.25. The number of phenolic OH excluding ortho intramolecular Hbond substituents is 1. The predicted octanol–water partition coefficient (Wildman–Crippen LogP) is 3.63. The number of benzene rings is 2. The average Bonchev–Trinajstić information content (AvgIpc) is 2.72. The lowest BCUT2D eigenvalue weighted by Gasteiger charge is -2.27. The number of hydrogen-bond acceptors (Lipinski definition) is 5. The van der Waals surface area contributed by atoms with Gasteiger partial charge in [-0.1, -0.05) is 42.8 Å². The van der Waals surface area contributed by atoms with Crippen LogP contribution in [-0.2, 0) is 14.3 Å². The molecule has 0 aliphatic rings. The Morgan fingerprint density at radius 3 is 2.24 bits per heavy atom. The van der Waals surface area contributed by atoms with Crippen LogP contribution in [0.1, 0.15) is 43.5 Å². The molecule has 0 bridgehead atoms. The van der Waals surface area contributed by atoms with E-state index in [1.165, 1.54) is 12.1 Å². The number of ether oxygens (including phenoxy) is 1. The van der Waals surface area contributed by atoms with Gasteiger partial charge in [0.1, 0.15) is 17.9 Å². The van der Waals surface area contributed by atoms with Crippen molar-refractivity contribution in [2.24, 2.45) is 0 Å². The van der Waals surface area contributed by atoms with E-state index in [-0.39, 0.29) is 11.3 Å². The highest BCUT2D eigenvalue weighted by Gasteiger charge is 2.33. The molecule has 33 heavy (non-hydrogen) atoms. The third-order valence-corrected chi connectivity index (χ3v) is 4.66. The van der Waals surface area contributed by atoms with Gasteiger partial charge in [0.25, 0.3) is 11.8 Å². The van der Waals surface area contributed by atoms with E-state index in [1.54, 1.807) is 32.9 Å². The highest BCUT2D eigenvalue weighted by molar-refractivity contribution is 6.00. The Bertz CT molecular complexity index is 1060. The minimum atomic E-state index is -1.34. The maximum Gasteiger partial charge on any atom is 0.408 e. The molecule has 0 fully saturated rings. The van der Waals surface area contributed by atoms with Crippen molar-refractivity contribution in [1.82, 2.24) is 10.2 Å². The third-order valence-electron chi connectivity index (χ3n) is 4.66. The number of anilines is 1. The molecular formula is C25H29N3O5. The number of phenols is 1. The lowest BCUT2D eigenvalue weighted by Crippen LogP contribution is -2.44. The Balaban J connectivity index is 2.35. The molecule has 3 amide bonds. The van der Waals surface area contributed by atoms with Crippen molar-refractivity contribution in [3.05, 3.63) is 59.2 Å². The Morgan fingerprint density at radius 2 is 1.70 bits per heavy atom. The van der Waals surface area contributed by atoms with Crippen molar-refractivity contribution in [1.29, 1.82) is 0 Å². The van der Waals surface area contributed by atoms with Crippen LogP contribution in [0.25, 0.3) is 0 Å². The van der Waals surface area contributed by atoms with Gasteiger partial charge in [-0.2, -0.15) is 0 Å². The van der Waals surface area contributed by atoms with Gasteiger partial charge in [0, 0.05) is 17.3 Å². The molecule has 2 aromatic rings. The van der Waals surface area contributed by atoms with Crippen molar-refractivity contribution in [3.8, 4) is 18.2 Å². The molecule has 1 unspecified atom stereocenters. The molecule has 0 saturated heterocycles. The standard InChI is InChI=1S/C25H29N3O5/c1-7-28(20(30)15-26-24(32)33-25(4,5)6)22(18-13-8-9-14-19(18)29)23(31)27-21-16(2)11-10-12-17(21)3/h1,8-14,22,29H,15H2,2-6H3,(H,26,32)(H,27,31). The van der Waals surface area contributed by atoms with E-state index in [0.717, 1.165) is 16.0 Å². The molecule has 8 nitrogen and oxygen atoms in total. The molecular weight excluding hydrogens is 422 g/mol. The average molecular weight is 452 g/mol. The first-order chi connectivity index (χ1) is 15.4. The molecule has 1 atom stereocenters. The van der Waals surface area contributed by atoms with E-state index >= 15 is 0 Å². The van der Waals surface area contributed by atoms with Crippen molar-refractivity contribution in [2.45, 2.75) is 46.3 Å². The number of para-hydroxylation sites is 2. The smallest absolute Gasteiger partial charge is 0.408 e. The summed E-state index contributed by atoms with van der Waals surface area (Å²) in [6.07, 6.45) is 4.81. The molecule has 2 aromatic carbocycles. The number of terminal acetylenes is 1. The fourth-order valence-electron chi connectivity index (χ4n) is 3.16. The van der Waals surface area contributed by atoms with Crippen LogP contribution in [0.5, 0.6) is 5.75 Å². The minimum Gasteiger partial charge on any atom is -0.508 e. The molecule has 2 rings (SSSR count). The summed E-state index contributed by atoms with van der Waals surface area (Å²) in [4.78, 5) is 39.1. The Kier molecular flexibility index (Phi) is 8.08. The zero-order chi connectivity index (χ0) is 24.8. The molecule has 0 aliphatic heterocycles. The Morgan fingerprint density at radius 1 is 1.09 bits per heavy atom. The summed E-state index contributed by atoms with van der Waals surface area (Å²) in [5, 5.41) is 15.6. The van der Waals surface area contributed by atoms with Crippen LogP contribution in [0, 0.1) is 26.3 Å². The number of carbonyl (C=O) groups is 3. The highest BCUT2D eigenvalue weighted by Crippen LogP contribution is 2.30. The fourth-order valence-corrected chi connectivity index (χ4v) is 3.16. The number of nitrogens with zero attached hydrogens (tertiary/aromatic N) is 1. The highest BCUT2D eigenvalue weighted by atomic mass is 16.6. The number of nitrogens with one attached hydrogen (secondary N) is 2. The number of hydrogen-bond donors (Lipinski definition) is 3. The van der Waals surface area contributed by atoms with E-state index < -0.39 is 36.1 Å². The first-order valence-corrected chi connectivity index (χ1v) is 10.3. The van der Waals surface area contributed by atoms with E-state index in [9.17, 15) is 19.5 Å². The molecule has 0 radical (unpaired) electrons. The first kappa shape index (κ1) is 25.3. The van der Waals surface area contributed by atoms with Gasteiger partial charge in [0.2, 0.25) is 0 Å². The van der Waals surface area contributed by atoms with Gasteiger partial charge in [-0.05, 0) is 51.8 Å². The maximum absolute atomic E-state index is 13.4. The Hall–Kier alpha value is -3.99. The predicted molar refractivity (Wildman–Crippen MR) is 125 cm³/mol. The van der Waals surface area contributed by atoms with E-state index in [0.29, 0.717) is 5.69 Å². The zero-order valence-corrected chi connectivity index (χ0v) is 19.4. The Labute approximate surface area is 193 Å². The number of rotatable bonds is 6. The number of aryl methyl sites for hydroxylation is 2. The van der Waals surface area contributed by atoms with E-state index in [1.807, 2.05) is 32.0 Å². The second-order valence-corrected chi connectivity index (χ2v) is 8.47. The van der Waals surface area contributed by atoms with Crippen LogP contribution < -0.4 is 10.6 Å².